The van der Waals surface area contributed by atoms with E-state index in [-0.39, 0.29) is 36.4 Å². The SMILES string of the molecule is C=CC(=O)N1CCn2nc(C3c4nc(/C=C/c5cnn(C)c5/C=C/OC/C=C/CO)c5ccsc5c4-c4c(F)cc(F)cc4OC[C@@H]3C)cc2C1. The van der Waals surface area contributed by atoms with Gasteiger partial charge in [0.15, 0.2) is 0 Å². The lowest BCUT2D eigenvalue weighted by Crippen LogP contribution is -2.37. The molecule has 2 atom stereocenters. The number of halogens is 2. The summed E-state index contributed by atoms with van der Waals surface area (Å²) in [5.74, 6) is -2.09. The first-order chi connectivity index (χ1) is 24.8. The van der Waals surface area contributed by atoms with E-state index in [4.69, 9.17) is 24.7 Å². The molecular weight excluding hydrogens is 675 g/mol. The molecule has 0 bridgehead atoms. The van der Waals surface area contributed by atoms with E-state index in [2.05, 4.69) is 11.7 Å². The van der Waals surface area contributed by atoms with Crippen molar-refractivity contribution >= 4 is 45.6 Å². The van der Waals surface area contributed by atoms with E-state index in [1.807, 2.05) is 54.4 Å². The van der Waals surface area contributed by atoms with Gasteiger partial charge in [0.25, 0.3) is 0 Å². The van der Waals surface area contributed by atoms with Gasteiger partial charge >= 0.3 is 0 Å². The minimum Gasteiger partial charge on any atom is -0.497 e. The second-order valence-corrected chi connectivity index (χ2v) is 13.3. The largest absolute Gasteiger partial charge is 0.497 e. The predicted molar refractivity (Wildman–Crippen MR) is 193 cm³/mol. The molecule has 10 nitrogen and oxygen atoms in total. The molecule has 6 heterocycles. The minimum atomic E-state index is -0.733. The first-order valence-electron chi connectivity index (χ1n) is 16.5. The molecule has 0 radical (unpaired) electrons. The van der Waals surface area contributed by atoms with E-state index in [9.17, 15) is 9.18 Å². The van der Waals surface area contributed by atoms with Crippen LogP contribution < -0.4 is 4.74 Å². The summed E-state index contributed by atoms with van der Waals surface area (Å²) in [6.45, 7) is 7.51. The zero-order valence-electron chi connectivity index (χ0n) is 28.1. The maximum absolute atomic E-state index is 16.0. The number of rotatable bonds is 9. The van der Waals surface area contributed by atoms with Crippen molar-refractivity contribution in [2.75, 3.05) is 26.4 Å². The first-order valence-corrected chi connectivity index (χ1v) is 17.4. The monoisotopic (exact) mass is 710 g/mol. The van der Waals surface area contributed by atoms with Crippen molar-refractivity contribution in [1.82, 2.24) is 29.4 Å². The molecule has 0 saturated heterocycles. The number of carbonyl (C=O) groups excluding carboxylic acids is 1. The van der Waals surface area contributed by atoms with Gasteiger partial charge in [0.05, 0.1) is 78.7 Å². The van der Waals surface area contributed by atoms with Gasteiger partial charge in [0, 0.05) is 52.9 Å². The highest BCUT2D eigenvalue weighted by molar-refractivity contribution is 7.17. The van der Waals surface area contributed by atoms with E-state index in [0.717, 1.165) is 38.8 Å². The van der Waals surface area contributed by atoms with E-state index in [0.29, 0.717) is 43.2 Å². The van der Waals surface area contributed by atoms with Gasteiger partial charge in [-0.05, 0) is 47.9 Å². The fraction of sp³-hybridized carbons (Fsp3) is 0.263. The molecule has 262 valence electrons. The van der Waals surface area contributed by atoms with Crippen molar-refractivity contribution in [2.45, 2.75) is 25.9 Å². The number of carbonyl (C=O) groups is 1. The lowest BCUT2D eigenvalue weighted by Gasteiger charge is -2.29. The van der Waals surface area contributed by atoms with E-state index in [1.165, 1.54) is 23.5 Å². The van der Waals surface area contributed by atoms with Crippen molar-refractivity contribution < 1.29 is 28.2 Å². The third-order valence-electron chi connectivity index (χ3n) is 9.14. The quantitative estimate of drug-likeness (QED) is 0.0799. The molecule has 1 unspecified atom stereocenters. The van der Waals surface area contributed by atoms with Gasteiger partial charge in [-0.1, -0.05) is 19.6 Å². The molecule has 1 N–H and O–H groups in total. The molecule has 13 heteroatoms. The topological polar surface area (TPSA) is 108 Å². The number of aliphatic hydroxyl groups excluding tert-OH is 1. The molecule has 1 aromatic carbocycles. The summed E-state index contributed by atoms with van der Waals surface area (Å²) in [5.41, 5.74) is 5.23. The zero-order chi connectivity index (χ0) is 35.6. The Morgan fingerprint density at radius 2 is 2.04 bits per heavy atom. The molecule has 7 rings (SSSR count). The number of aliphatic hydroxyl groups is 1. The van der Waals surface area contributed by atoms with Crippen molar-refractivity contribution in [3.05, 3.63) is 113 Å². The van der Waals surface area contributed by atoms with Crippen LogP contribution in [0.5, 0.6) is 5.75 Å². The Labute approximate surface area is 297 Å². The number of aryl methyl sites for hydroxylation is 1. The number of aromatic nitrogens is 5. The highest BCUT2D eigenvalue weighted by Crippen LogP contribution is 2.48. The first kappa shape index (κ1) is 34.1. The van der Waals surface area contributed by atoms with Crippen LogP contribution in [-0.2, 0) is 29.7 Å². The third kappa shape index (κ3) is 6.62. The highest BCUT2D eigenvalue weighted by Gasteiger charge is 2.36. The lowest BCUT2D eigenvalue weighted by atomic mass is 9.82. The Morgan fingerprint density at radius 3 is 2.86 bits per heavy atom. The van der Waals surface area contributed by atoms with Gasteiger partial charge < -0.3 is 19.5 Å². The van der Waals surface area contributed by atoms with Crippen LogP contribution in [0.1, 0.15) is 46.9 Å². The van der Waals surface area contributed by atoms with Crippen LogP contribution in [-0.4, -0.2) is 66.8 Å². The standard InChI is InChI=1S/C38H36F2N6O4S/c1-4-33(48)45-11-12-46-26(21-45)19-30(43-46)34-23(2)22-50-32-18-25(39)17-28(40)35(32)36-37(34)42-29(27-10-16-51-38(27)36)8-7-24-20-41-44(3)31(24)9-15-49-14-6-5-13-47/h4-10,15-20,23,34,47H,1,11-14,21-22H2,2-3H3/b6-5+,8-7+,15-9+/t23-,34?/m0/s1. The zero-order valence-corrected chi connectivity index (χ0v) is 28.9. The molecule has 2 aliphatic heterocycles. The summed E-state index contributed by atoms with van der Waals surface area (Å²) in [6.07, 6.45) is 13.6. The van der Waals surface area contributed by atoms with Crippen LogP contribution in [0.3, 0.4) is 0 Å². The summed E-state index contributed by atoms with van der Waals surface area (Å²) in [7, 11) is 1.84. The van der Waals surface area contributed by atoms with Gasteiger partial charge in [-0.2, -0.15) is 10.2 Å². The van der Waals surface area contributed by atoms with Crippen LogP contribution in [0.15, 0.2) is 66.9 Å². The Morgan fingerprint density at radius 1 is 1.18 bits per heavy atom. The number of hydrogen-bond acceptors (Lipinski definition) is 8. The van der Waals surface area contributed by atoms with Crippen molar-refractivity contribution in [2.24, 2.45) is 13.0 Å². The van der Waals surface area contributed by atoms with Gasteiger partial charge in [0.2, 0.25) is 5.91 Å². The molecule has 4 aromatic heterocycles. The fourth-order valence-corrected chi connectivity index (χ4v) is 7.64. The second kappa shape index (κ2) is 14.4. The number of nitrogens with zero attached hydrogens (tertiary/aromatic N) is 6. The second-order valence-electron chi connectivity index (χ2n) is 12.4. The van der Waals surface area contributed by atoms with E-state index in [1.54, 1.807) is 34.2 Å². The van der Waals surface area contributed by atoms with Crippen LogP contribution in [0.4, 0.5) is 8.78 Å². The van der Waals surface area contributed by atoms with Crippen LogP contribution in [0.25, 0.3) is 39.4 Å². The smallest absolute Gasteiger partial charge is 0.246 e. The summed E-state index contributed by atoms with van der Waals surface area (Å²) < 4.78 is 46.7. The Bertz CT molecular complexity index is 2220. The average molecular weight is 711 g/mol. The summed E-state index contributed by atoms with van der Waals surface area (Å²) in [4.78, 5) is 19.4. The average Bonchev–Trinajstić information content (AvgIpc) is 3.86. The van der Waals surface area contributed by atoms with Gasteiger partial charge in [-0.25, -0.2) is 8.78 Å². The van der Waals surface area contributed by atoms with Crippen molar-refractivity contribution in [1.29, 1.82) is 0 Å². The Hall–Kier alpha value is -5.40. The number of hydrogen-bond donors (Lipinski definition) is 1. The van der Waals surface area contributed by atoms with Gasteiger partial charge in [-0.3, -0.25) is 19.1 Å². The normalized spacial score (nSPS) is 17.4. The number of thiophene rings is 1. The Kier molecular flexibility index (Phi) is 9.65. The molecular formula is C38H36F2N6O4S. The molecule has 0 fully saturated rings. The lowest BCUT2D eigenvalue weighted by molar-refractivity contribution is -0.127. The third-order valence-corrected chi connectivity index (χ3v) is 10.1. The molecule has 5 aromatic rings. The number of benzene rings is 1. The minimum absolute atomic E-state index is 0.0490. The number of ether oxygens (including phenoxy) is 2. The van der Waals surface area contributed by atoms with Crippen LogP contribution in [0.2, 0.25) is 0 Å². The van der Waals surface area contributed by atoms with Crippen molar-refractivity contribution in [3.8, 4) is 16.9 Å². The van der Waals surface area contributed by atoms with Crippen LogP contribution in [0, 0.1) is 17.6 Å². The highest BCUT2D eigenvalue weighted by atomic mass is 32.1. The summed E-state index contributed by atoms with van der Waals surface area (Å²) >= 11 is 1.45. The van der Waals surface area contributed by atoms with Gasteiger partial charge in [-0.15, -0.1) is 11.3 Å². The number of amides is 1. The van der Waals surface area contributed by atoms with E-state index < -0.39 is 17.6 Å². The number of pyridine rings is 1. The maximum Gasteiger partial charge on any atom is 0.246 e. The molecule has 2 aliphatic rings. The molecule has 0 spiro atoms. The van der Waals surface area contributed by atoms with Crippen LogP contribution >= 0.6 is 11.3 Å². The maximum atomic E-state index is 16.0. The molecule has 0 aliphatic carbocycles. The summed E-state index contributed by atoms with van der Waals surface area (Å²) in [6, 6.07) is 6.05. The summed E-state index contributed by atoms with van der Waals surface area (Å²) in [5, 5.41) is 21.1. The fourth-order valence-electron chi connectivity index (χ4n) is 6.67. The van der Waals surface area contributed by atoms with E-state index >= 15 is 4.39 Å². The predicted octanol–water partition coefficient (Wildman–Crippen LogP) is 6.57. The molecule has 1 amide bonds. The van der Waals surface area contributed by atoms with Gasteiger partial charge in [0.1, 0.15) is 24.0 Å². The molecule has 0 saturated carbocycles. The molecule has 51 heavy (non-hydrogen) atoms. The Balaban J connectivity index is 1.36. The van der Waals surface area contributed by atoms with Crippen molar-refractivity contribution in [3.63, 3.8) is 0 Å². The number of fused-ring (bicyclic) bond motifs is 6.